The summed E-state index contributed by atoms with van der Waals surface area (Å²) in [4.78, 5) is 17.3. The number of hydroxylamine groups is 2. The molecule has 1 aliphatic heterocycles. The first kappa shape index (κ1) is 27.6. The number of nitrogens with two attached hydrogens (primary N) is 1. The van der Waals surface area contributed by atoms with Gasteiger partial charge < -0.3 is 30.2 Å². The van der Waals surface area contributed by atoms with Crippen molar-refractivity contribution >= 4 is 0 Å². The molecule has 0 spiro atoms. The molecular weight excluding hydrogens is 500 g/mol. The molecule has 2 heterocycles. The Hall–Kier alpha value is -1.59. The standard InChI is InChI=1S/C30H44N2O7/c1-28-11-8-19(32(37-3)27-26(35)25(34)23(31)16-39-27)14-18(28)5-6-22-21(28)9-12-29(2)20(10-13-30(22,29)36)17-4-7-24(33)38-15-17/h4,7,14-15,19-23,25-27,34-36H,5-6,8-13,16,31H2,1-3H3. The van der Waals surface area contributed by atoms with Crippen molar-refractivity contribution in [1.29, 1.82) is 0 Å². The molecule has 5 aliphatic rings. The Balaban J connectivity index is 1.24. The Kier molecular flexibility index (Phi) is 6.90. The summed E-state index contributed by atoms with van der Waals surface area (Å²) in [6.45, 7) is 4.78. The number of nitrogens with zero attached hydrogens (tertiary/aromatic N) is 1. The fraction of sp³-hybridized carbons (Fsp3) is 0.767. The first-order valence-electron chi connectivity index (χ1n) is 14.6. The number of fused-ring (bicyclic) bond motifs is 5. The van der Waals surface area contributed by atoms with Crippen LogP contribution >= 0.6 is 0 Å². The molecule has 216 valence electrons. The van der Waals surface area contributed by atoms with Gasteiger partial charge in [-0.1, -0.05) is 25.5 Å². The number of rotatable bonds is 4. The van der Waals surface area contributed by atoms with Crippen LogP contribution in [-0.2, 0) is 9.57 Å². The summed E-state index contributed by atoms with van der Waals surface area (Å²) in [5.41, 5.74) is 6.93. The molecule has 0 aromatic carbocycles. The molecule has 1 aromatic rings. The van der Waals surface area contributed by atoms with E-state index in [-0.39, 0.29) is 40.9 Å². The van der Waals surface area contributed by atoms with Crippen molar-refractivity contribution in [2.45, 2.75) is 107 Å². The lowest BCUT2D eigenvalue weighted by atomic mass is 9.45. The van der Waals surface area contributed by atoms with E-state index in [4.69, 9.17) is 19.7 Å². The van der Waals surface area contributed by atoms with Crippen LogP contribution in [0.15, 0.2) is 39.3 Å². The molecule has 0 amide bonds. The third kappa shape index (κ3) is 4.03. The number of allylic oxidation sites excluding steroid dienone is 1. The maximum absolute atomic E-state index is 12.5. The molecule has 4 aliphatic carbocycles. The van der Waals surface area contributed by atoms with Crippen LogP contribution < -0.4 is 11.4 Å². The minimum atomic E-state index is -1.16. The topological polar surface area (TPSA) is 139 Å². The molecular formula is C30H44N2O7. The van der Waals surface area contributed by atoms with E-state index in [1.807, 2.05) is 6.07 Å². The summed E-state index contributed by atoms with van der Waals surface area (Å²) >= 11 is 0. The quantitative estimate of drug-likeness (QED) is 0.332. The summed E-state index contributed by atoms with van der Waals surface area (Å²) in [5.74, 6) is 0.777. The normalized spacial score (nSPS) is 47.7. The van der Waals surface area contributed by atoms with Gasteiger partial charge in [-0.15, -0.1) is 0 Å². The van der Waals surface area contributed by atoms with E-state index in [2.05, 4.69) is 19.9 Å². The first-order valence-corrected chi connectivity index (χ1v) is 14.6. The molecule has 0 bridgehead atoms. The zero-order valence-corrected chi connectivity index (χ0v) is 23.3. The van der Waals surface area contributed by atoms with Gasteiger partial charge in [0.25, 0.3) is 0 Å². The number of aliphatic hydroxyl groups excluding tert-OH is 2. The van der Waals surface area contributed by atoms with Crippen molar-refractivity contribution in [1.82, 2.24) is 5.06 Å². The van der Waals surface area contributed by atoms with E-state index < -0.39 is 30.1 Å². The molecule has 9 heteroatoms. The van der Waals surface area contributed by atoms with Crippen molar-refractivity contribution in [3.63, 3.8) is 0 Å². The Labute approximate surface area is 229 Å². The van der Waals surface area contributed by atoms with E-state index in [1.54, 1.807) is 18.4 Å². The van der Waals surface area contributed by atoms with Gasteiger partial charge in [0.1, 0.15) is 12.2 Å². The van der Waals surface area contributed by atoms with E-state index >= 15 is 0 Å². The van der Waals surface area contributed by atoms with Crippen LogP contribution in [0.2, 0.25) is 0 Å². The van der Waals surface area contributed by atoms with Gasteiger partial charge in [-0.05, 0) is 86.2 Å². The van der Waals surface area contributed by atoms with E-state index in [1.165, 1.54) is 11.6 Å². The highest BCUT2D eigenvalue weighted by Crippen LogP contribution is 2.70. The van der Waals surface area contributed by atoms with Crippen molar-refractivity contribution in [3.05, 3.63) is 46.0 Å². The Morgan fingerprint density at radius 1 is 1.05 bits per heavy atom. The molecule has 39 heavy (non-hydrogen) atoms. The van der Waals surface area contributed by atoms with Gasteiger partial charge in [-0.2, -0.15) is 5.06 Å². The lowest BCUT2D eigenvalue weighted by Crippen LogP contribution is -2.63. The molecule has 5 N–H and O–H groups in total. The monoisotopic (exact) mass is 544 g/mol. The van der Waals surface area contributed by atoms with E-state index in [0.29, 0.717) is 5.92 Å². The van der Waals surface area contributed by atoms with Crippen LogP contribution in [0.25, 0.3) is 0 Å². The highest BCUT2D eigenvalue weighted by atomic mass is 16.7. The van der Waals surface area contributed by atoms with E-state index in [9.17, 15) is 20.1 Å². The molecule has 11 unspecified atom stereocenters. The highest BCUT2D eigenvalue weighted by Gasteiger charge is 2.66. The second-order valence-electron chi connectivity index (χ2n) is 13.2. The maximum Gasteiger partial charge on any atom is 0.335 e. The highest BCUT2D eigenvalue weighted by molar-refractivity contribution is 5.31. The van der Waals surface area contributed by atoms with Gasteiger partial charge in [0.05, 0.1) is 37.7 Å². The third-order valence-corrected chi connectivity index (χ3v) is 11.7. The average Bonchev–Trinajstić information content (AvgIpc) is 3.20. The van der Waals surface area contributed by atoms with Crippen LogP contribution in [0.3, 0.4) is 0 Å². The largest absolute Gasteiger partial charge is 0.431 e. The summed E-state index contributed by atoms with van der Waals surface area (Å²) < 4.78 is 11.0. The molecule has 11 atom stereocenters. The lowest BCUT2D eigenvalue weighted by Gasteiger charge is -2.62. The van der Waals surface area contributed by atoms with Crippen LogP contribution in [0, 0.1) is 22.7 Å². The maximum atomic E-state index is 12.5. The van der Waals surface area contributed by atoms with E-state index in [0.717, 1.165) is 56.9 Å². The Morgan fingerprint density at radius 3 is 2.56 bits per heavy atom. The van der Waals surface area contributed by atoms with Gasteiger partial charge in [0.2, 0.25) is 0 Å². The molecule has 3 saturated carbocycles. The van der Waals surface area contributed by atoms with Gasteiger partial charge in [0.15, 0.2) is 6.23 Å². The van der Waals surface area contributed by atoms with Crippen molar-refractivity contribution in [3.8, 4) is 0 Å². The molecule has 1 saturated heterocycles. The zero-order chi connectivity index (χ0) is 27.7. The predicted molar refractivity (Wildman–Crippen MR) is 143 cm³/mol. The van der Waals surface area contributed by atoms with Crippen LogP contribution in [0.5, 0.6) is 0 Å². The molecule has 1 aromatic heterocycles. The fourth-order valence-corrected chi connectivity index (χ4v) is 9.46. The number of hydrogen-bond donors (Lipinski definition) is 4. The van der Waals surface area contributed by atoms with Gasteiger partial charge in [-0.3, -0.25) is 4.84 Å². The van der Waals surface area contributed by atoms with Crippen molar-refractivity contribution < 1.29 is 29.3 Å². The smallest absolute Gasteiger partial charge is 0.335 e. The molecule has 9 nitrogen and oxygen atoms in total. The summed E-state index contributed by atoms with van der Waals surface area (Å²) in [7, 11) is 1.58. The van der Waals surface area contributed by atoms with Crippen molar-refractivity contribution in [2.24, 2.45) is 28.4 Å². The fourth-order valence-electron chi connectivity index (χ4n) is 9.46. The molecule has 4 fully saturated rings. The zero-order valence-electron chi connectivity index (χ0n) is 23.3. The molecule has 0 radical (unpaired) electrons. The minimum absolute atomic E-state index is 0.0125. The summed E-state index contributed by atoms with van der Waals surface area (Å²) in [6, 6.07) is 2.66. The second kappa shape index (κ2) is 9.76. The Bertz CT molecular complexity index is 1150. The average molecular weight is 545 g/mol. The van der Waals surface area contributed by atoms with Gasteiger partial charge in [-0.25, -0.2) is 4.79 Å². The number of ether oxygens (including phenoxy) is 1. The van der Waals surface area contributed by atoms with Crippen LogP contribution in [0.4, 0.5) is 0 Å². The number of hydrogen-bond acceptors (Lipinski definition) is 9. The molecule has 6 rings (SSSR count). The third-order valence-electron chi connectivity index (χ3n) is 11.7. The minimum Gasteiger partial charge on any atom is -0.431 e. The van der Waals surface area contributed by atoms with Crippen LogP contribution in [-0.4, -0.2) is 70.2 Å². The van der Waals surface area contributed by atoms with Crippen LogP contribution in [0.1, 0.15) is 76.7 Å². The lowest BCUT2D eigenvalue weighted by molar-refractivity contribution is -0.305. The number of aliphatic hydroxyl groups is 3. The second-order valence-corrected chi connectivity index (χ2v) is 13.2. The van der Waals surface area contributed by atoms with Gasteiger partial charge in [0, 0.05) is 11.5 Å². The Morgan fingerprint density at radius 2 is 1.85 bits per heavy atom. The SMILES string of the molecule is CON(C1C=C2CCC3C(CCC4(C)C(c5ccc(=O)oc5)CCC34O)C2(C)CC1)C1OCC(N)C(O)C1O. The van der Waals surface area contributed by atoms with Gasteiger partial charge >= 0.3 is 5.63 Å². The first-order chi connectivity index (χ1) is 18.5. The van der Waals surface area contributed by atoms with Crippen molar-refractivity contribution in [2.75, 3.05) is 13.7 Å². The summed E-state index contributed by atoms with van der Waals surface area (Å²) in [6.07, 6.45) is 8.15. The predicted octanol–water partition coefficient (Wildman–Crippen LogP) is 2.44. The summed E-state index contributed by atoms with van der Waals surface area (Å²) in [5, 5.41) is 35.2.